The van der Waals surface area contributed by atoms with E-state index in [0.717, 1.165) is 10.0 Å². The maximum absolute atomic E-state index is 12.6. The van der Waals surface area contributed by atoms with E-state index in [4.69, 9.17) is 4.74 Å². The summed E-state index contributed by atoms with van der Waals surface area (Å²) in [6.45, 7) is 10.4. The van der Waals surface area contributed by atoms with Crippen LogP contribution in [0.4, 0.5) is 0 Å². The quantitative estimate of drug-likeness (QED) is 0.829. The molecule has 1 heterocycles. The van der Waals surface area contributed by atoms with Gasteiger partial charge in [0, 0.05) is 16.7 Å². The first-order valence-electron chi connectivity index (χ1n) is 6.26. The first-order valence-corrected chi connectivity index (χ1v) is 8.54. The second-order valence-corrected chi connectivity index (χ2v) is 8.00. The van der Waals surface area contributed by atoms with E-state index >= 15 is 0 Å². The fourth-order valence-electron chi connectivity index (χ4n) is 2.25. The molecule has 0 unspecified atom stereocenters. The Balaban J connectivity index is 2.32. The van der Waals surface area contributed by atoms with E-state index in [2.05, 4.69) is 29.1 Å². The molecule has 2 rings (SSSR count). The van der Waals surface area contributed by atoms with Gasteiger partial charge < -0.3 is 4.74 Å². The molecule has 1 aromatic carbocycles. The highest BCUT2D eigenvalue weighted by atomic mass is 79.9. The van der Waals surface area contributed by atoms with E-state index in [1.54, 1.807) is 24.3 Å². The Morgan fingerprint density at radius 3 is 2.30 bits per heavy atom. The lowest BCUT2D eigenvalue weighted by Gasteiger charge is -2.19. The molecule has 0 aliphatic carbocycles. The van der Waals surface area contributed by atoms with Crippen LogP contribution in [-0.4, -0.2) is 21.6 Å². The number of rotatable bonds is 4. The smallest absolute Gasteiger partial charge is 0.202 e. The minimum absolute atomic E-state index is 0.0530. The second kappa shape index (κ2) is 5.84. The lowest BCUT2D eigenvalue weighted by Crippen LogP contribution is -2.20. The van der Waals surface area contributed by atoms with Crippen LogP contribution in [0, 0.1) is 18.8 Å². The van der Waals surface area contributed by atoms with Crippen LogP contribution < -0.4 is 0 Å². The first kappa shape index (κ1) is 15.5. The fourth-order valence-corrected chi connectivity index (χ4v) is 4.13. The highest BCUT2D eigenvalue weighted by Crippen LogP contribution is 2.37. The molecule has 108 valence electrons. The van der Waals surface area contributed by atoms with Crippen molar-refractivity contribution in [2.45, 2.75) is 11.8 Å². The van der Waals surface area contributed by atoms with Gasteiger partial charge in [0.25, 0.3) is 0 Å². The molecule has 1 saturated heterocycles. The molecule has 0 aromatic heterocycles. The summed E-state index contributed by atoms with van der Waals surface area (Å²) in [5.74, 6) is -0.309. The van der Waals surface area contributed by atoms with Gasteiger partial charge in [-0.2, -0.15) is 0 Å². The third kappa shape index (κ3) is 2.90. The summed E-state index contributed by atoms with van der Waals surface area (Å²) in [6, 6.07) is 6.80. The van der Waals surface area contributed by atoms with E-state index in [-0.39, 0.29) is 21.6 Å². The number of hydrogen-bond acceptors (Lipinski definition) is 3. The van der Waals surface area contributed by atoms with Crippen LogP contribution in [0.15, 0.2) is 51.7 Å². The summed E-state index contributed by atoms with van der Waals surface area (Å²) < 4.78 is 31.3. The predicted octanol–water partition coefficient (Wildman–Crippen LogP) is 3.45. The Bertz CT molecular complexity index is 632. The third-order valence-corrected chi connectivity index (χ3v) is 6.05. The van der Waals surface area contributed by atoms with Crippen molar-refractivity contribution in [2.24, 2.45) is 11.8 Å². The molecular formula is C15H17BrO3S. The Kier molecular flexibility index (Phi) is 4.52. The number of benzene rings is 1. The van der Waals surface area contributed by atoms with Gasteiger partial charge in [-0.1, -0.05) is 46.8 Å². The maximum Gasteiger partial charge on any atom is 0.202 e. The van der Waals surface area contributed by atoms with Crippen molar-refractivity contribution in [3.63, 3.8) is 0 Å². The molecule has 0 amide bonds. The molecule has 0 N–H and O–H groups in total. The Labute approximate surface area is 128 Å². The molecule has 1 aliphatic heterocycles. The summed E-state index contributed by atoms with van der Waals surface area (Å²) in [5.41, 5.74) is 1.02. The number of hydrogen-bond donors (Lipinski definition) is 0. The maximum atomic E-state index is 12.6. The lowest BCUT2D eigenvalue weighted by molar-refractivity contribution is 0.186. The van der Waals surface area contributed by atoms with Crippen LogP contribution in [0.3, 0.4) is 0 Å². The molecule has 2 atom stereocenters. The summed E-state index contributed by atoms with van der Waals surface area (Å²) in [6.07, 6.45) is 0. The molecular weight excluding hydrogens is 340 g/mol. The SMILES string of the molecule is C=C(Br)[C@@H]1COC[C@H]1C(=C)S(=O)(=O)c1ccc(C)cc1. The molecule has 0 bridgehead atoms. The zero-order chi connectivity index (χ0) is 14.9. The highest BCUT2D eigenvalue weighted by molar-refractivity contribution is 9.11. The van der Waals surface area contributed by atoms with Crippen LogP contribution >= 0.6 is 15.9 Å². The second-order valence-electron chi connectivity index (χ2n) is 4.98. The first-order chi connectivity index (χ1) is 9.34. The number of sulfone groups is 1. The third-order valence-electron chi connectivity index (χ3n) is 3.57. The highest BCUT2D eigenvalue weighted by Gasteiger charge is 2.37. The molecule has 1 fully saturated rings. The fraction of sp³-hybridized carbons (Fsp3) is 0.333. The van der Waals surface area contributed by atoms with Crippen molar-refractivity contribution >= 4 is 25.8 Å². The molecule has 1 aromatic rings. The summed E-state index contributed by atoms with van der Waals surface area (Å²) >= 11 is 3.33. The van der Waals surface area contributed by atoms with Crippen LogP contribution in [-0.2, 0) is 14.6 Å². The lowest BCUT2D eigenvalue weighted by atomic mass is 9.96. The van der Waals surface area contributed by atoms with Crippen LogP contribution in [0.1, 0.15) is 5.56 Å². The van der Waals surface area contributed by atoms with Gasteiger partial charge in [0.2, 0.25) is 9.84 Å². The topological polar surface area (TPSA) is 43.4 Å². The van der Waals surface area contributed by atoms with Crippen molar-refractivity contribution < 1.29 is 13.2 Å². The molecule has 1 aliphatic rings. The average molecular weight is 357 g/mol. The monoisotopic (exact) mass is 356 g/mol. The van der Waals surface area contributed by atoms with E-state index in [1.807, 2.05) is 6.92 Å². The molecule has 20 heavy (non-hydrogen) atoms. The van der Waals surface area contributed by atoms with Gasteiger partial charge >= 0.3 is 0 Å². The normalized spacial score (nSPS) is 22.7. The van der Waals surface area contributed by atoms with Gasteiger partial charge in [0.1, 0.15) is 0 Å². The van der Waals surface area contributed by atoms with Gasteiger partial charge in [-0.3, -0.25) is 0 Å². The number of aryl methyl sites for hydroxylation is 1. The van der Waals surface area contributed by atoms with Gasteiger partial charge in [-0.25, -0.2) is 8.42 Å². The van der Waals surface area contributed by atoms with E-state index in [1.165, 1.54) is 0 Å². The van der Waals surface area contributed by atoms with Crippen molar-refractivity contribution in [2.75, 3.05) is 13.2 Å². The Morgan fingerprint density at radius 1 is 1.20 bits per heavy atom. The van der Waals surface area contributed by atoms with Gasteiger partial charge in [-0.15, -0.1) is 0 Å². The largest absolute Gasteiger partial charge is 0.380 e. The van der Waals surface area contributed by atoms with E-state index in [0.29, 0.717) is 13.2 Å². The zero-order valence-electron chi connectivity index (χ0n) is 11.3. The molecule has 3 nitrogen and oxygen atoms in total. The van der Waals surface area contributed by atoms with Gasteiger partial charge in [0.05, 0.1) is 18.1 Å². The van der Waals surface area contributed by atoms with Crippen LogP contribution in [0.25, 0.3) is 0 Å². The average Bonchev–Trinajstić information content (AvgIpc) is 2.87. The number of ether oxygens (including phenoxy) is 1. The van der Waals surface area contributed by atoms with Crippen molar-refractivity contribution in [3.05, 3.63) is 52.4 Å². The minimum atomic E-state index is -3.54. The minimum Gasteiger partial charge on any atom is -0.380 e. The van der Waals surface area contributed by atoms with Crippen LogP contribution in [0.5, 0.6) is 0 Å². The van der Waals surface area contributed by atoms with E-state index < -0.39 is 9.84 Å². The summed E-state index contributed by atoms with van der Waals surface area (Å²) in [5, 5.41) is 0. The Morgan fingerprint density at radius 2 is 1.75 bits per heavy atom. The Hall–Kier alpha value is -0.910. The van der Waals surface area contributed by atoms with Gasteiger partial charge in [-0.05, 0) is 23.5 Å². The van der Waals surface area contributed by atoms with Crippen molar-refractivity contribution in [1.29, 1.82) is 0 Å². The van der Waals surface area contributed by atoms with Gasteiger partial charge in [0.15, 0.2) is 0 Å². The molecule has 0 saturated carbocycles. The number of halogens is 1. The summed E-state index contributed by atoms with van der Waals surface area (Å²) in [4.78, 5) is 0.475. The molecule has 0 radical (unpaired) electrons. The predicted molar refractivity (Wildman–Crippen MR) is 83.4 cm³/mol. The van der Waals surface area contributed by atoms with Crippen molar-refractivity contribution in [1.82, 2.24) is 0 Å². The van der Waals surface area contributed by atoms with E-state index in [9.17, 15) is 8.42 Å². The zero-order valence-corrected chi connectivity index (χ0v) is 13.7. The van der Waals surface area contributed by atoms with Crippen molar-refractivity contribution in [3.8, 4) is 0 Å². The molecule has 5 heteroatoms. The molecule has 0 spiro atoms. The standard InChI is InChI=1S/C15H17BrO3S/c1-10-4-6-13(7-5-10)20(17,18)12(3)15-9-19-8-14(15)11(2)16/h4-7,14-15H,2-3,8-9H2,1H3/t14-,15-/m0/s1. The summed E-state index contributed by atoms with van der Waals surface area (Å²) in [7, 11) is -3.54. The van der Waals surface area contributed by atoms with Crippen LogP contribution in [0.2, 0.25) is 0 Å².